The minimum atomic E-state index is -0.491. The Hall–Kier alpha value is -2.40. The molecule has 2 aromatic carbocycles. The lowest BCUT2D eigenvalue weighted by molar-refractivity contribution is -0.384. The summed E-state index contributed by atoms with van der Waals surface area (Å²) in [5, 5.41) is 10.8. The van der Waals surface area contributed by atoms with Gasteiger partial charge in [-0.1, -0.05) is 36.4 Å². The molecule has 0 heterocycles. The molecule has 0 saturated carbocycles. The number of nitro benzene ring substituents is 1. The zero-order valence-corrected chi connectivity index (χ0v) is 11.9. The first kappa shape index (κ1) is 15.0. The summed E-state index contributed by atoms with van der Waals surface area (Å²) in [6.07, 6.45) is 0. The third-order valence-electron chi connectivity index (χ3n) is 2.95. The summed E-state index contributed by atoms with van der Waals surface area (Å²) < 4.78 is 0. The molecule has 0 N–H and O–H groups in total. The lowest BCUT2D eigenvalue weighted by Gasteiger charge is -2.22. The lowest BCUT2D eigenvalue weighted by atomic mass is 10.2. The van der Waals surface area contributed by atoms with Crippen molar-refractivity contribution in [1.82, 2.24) is 0 Å². The van der Waals surface area contributed by atoms with Crippen molar-refractivity contribution < 1.29 is 9.72 Å². The molecule has 0 saturated heterocycles. The van der Waals surface area contributed by atoms with Gasteiger partial charge in [-0.05, 0) is 11.6 Å². The summed E-state index contributed by atoms with van der Waals surface area (Å²) >= 11 is 5.64. The Bertz CT molecular complexity index is 646. The number of amides is 1. The quantitative estimate of drug-likeness (QED) is 0.483. The number of carbonyl (C=O) groups is 1. The number of alkyl halides is 1. The smallest absolute Gasteiger partial charge is 0.271 e. The lowest BCUT2D eigenvalue weighted by Crippen LogP contribution is -2.31. The predicted octanol–water partition coefficient (Wildman–Crippen LogP) is 3.37. The highest BCUT2D eigenvalue weighted by atomic mass is 35.5. The number of nitrogens with zero attached hydrogens (tertiary/aromatic N) is 2. The highest BCUT2D eigenvalue weighted by Crippen LogP contribution is 2.23. The van der Waals surface area contributed by atoms with E-state index in [1.807, 2.05) is 30.3 Å². The molecule has 2 rings (SSSR count). The van der Waals surface area contributed by atoms with E-state index in [1.165, 1.54) is 17.0 Å². The third kappa shape index (κ3) is 3.79. The molecule has 0 aromatic heterocycles. The van der Waals surface area contributed by atoms with Crippen LogP contribution in [0.5, 0.6) is 0 Å². The van der Waals surface area contributed by atoms with Crippen LogP contribution < -0.4 is 4.90 Å². The van der Waals surface area contributed by atoms with Gasteiger partial charge in [-0.3, -0.25) is 14.9 Å². The van der Waals surface area contributed by atoms with Crippen molar-refractivity contribution in [3.05, 3.63) is 70.3 Å². The molecule has 1 amide bonds. The summed E-state index contributed by atoms with van der Waals surface area (Å²) in [4.78, 5) is 23.8. The molecule has 0 aliphatic rings. The van der Waals surface area contributed by atoms with Gasteiger partial charge in [0.25, 0.3) is 5.69 Å². The van der Waals surface area contributed by atoms with Crippen LogP contribution in [0.3, 0.4) is 0 Å². The van der Waals surface area contributed by atoms with Gasteiger partial charge in [0.1, 0.15) is 5.88 Å². The molecule has 0 fully saturated rings. The summed E-state index contributed by atoms with van der Waals surface area (Å²) in [6.45, 7) is 0.313. The first-order chi connectivity index (χ1) is 10.1. The molecule has 5 nitrogen and oxygen atoms in total. The number of hydrogen-bond acceptors (Lipinski definition) is 3. The van der Waals surface area contributed by atoms with E-state index in [0.717, 1.165) is 5.56 Å². The maximum Gasteiger partial charge on any atom is 0.271 e. The fraction of sp³-hybridized carbons (Fsp3) is 0.133. The number of hydrogen-bond donors (Lipinski definition) is 0. The molecule has 0 unspecified atom stereocenters. The molecular weight excluding hydrogens is 292 g/mol. The Labute approximate surface area is 126 Å². The van der Waals surface area contributed by atoms with E-state index in [1.54, 1.807) is 12.1 Å². The molecule has 0 aliphatic carbocycles. The normalized spacial score (nSPS) is 10.1. The number of benzene rings is 2. The monoisotopic (exact) mass is 304 g/mol. The molecule has 21 heavy (non-hydrogen) atoms. The van der Waals surface area contributed by atoms with Crippen molar-refractivity contribution in [2.75, 3.05) is 10.8 Å². The summed E-state index contributed by atoms with van der Waals surface area (Å²) in [6, 6.07) is 15.3. The molecule has 0 bridgehead atoms. The van der Waals surface area contributed by atoms with Crippen LogP contribution in [-0.4, -0.2) is 16.7 Å². The first-order valence-corrected chi connectivity index (χ1v) is 6.80. The first-order valence-electron chi connectivity index (χ1n) is 6.26. The Morgan fingerprint density at radius 2 is 1.86 bits per heavy atom. The van der Waals surface area contributed by atoms with E-state index in [2.05, 4.69) is 0 Å². The van der Waals surface area contributed by atoms with E-state index in [9.17, 15) is 14.9 Å². The van der Waals surface area contributed by atoms with Gasteiger partial charge in [0.2, 0.25) is 5.91 Å². The van der Waals surface area contributed by atoms with E-state index < -0.39 is 4.92 Å². The van der Waals surface area contributed by atoms with E-state index in [4.69, 9.17) is 11.6 Å². The van der Waals surface area contributed by atoms with E-state index in [0.29, 0.717) is 12.2 Å². The Morgan fingerprint density at radius 3 is 2.48 bits per heavy atom. The van der Waals surface area contributed by atoms with Crippen molar-refractivity contribution in [1.29, 1.82) is 0 Å². The second-order valence-electron chi connectivity index (χ2n) is 4.38. The van der Waals surface area contributed by atoms with Gasteiger partial charge in [-0.2, -0.15) is 0 Å². The average Bonchev–Trinajstić information content (AvgIpc) is 2.53. The molecule has 108 valence electrons. The number of non-ortho nitro benzene ring substituents is 1. The van der Waals surface area contributed by atoms with Crippen LogP contribution in [0.1, 0.15) is 5.56 Å². The van der Waals surface area contributed by atoms with Gasteiger partial charge in [0.05, 0.1) is 17.2 Å². The van der Waals surface area contributed by atoms with Crippen LogP contribution in [0.2, 0.25) is 0 Å². The van der Waals surface area contributed by atoms with Crippen LogP contribution >= 0.6 is 11.6 Å². The zero-order chi connectivity index (χ0) is 15.2. The minimum Gasteiger partial charge on any atom is -0.307 e. The third-order valence-corrected chi connectivity index (χ3v) is 3.18. The largest absolute Gasteiger partial charge is 0.307 e. The van der Waals surface area contributed by atoms with Gasteiger partial charge >= 0.3 is 0 Å². The maximum absolute atomic E-state index is 12.0. The van der Waals surface area contributed by atoms with Crippen molar-refractivity contribution in [3.63, 3.8) is 0 Å². The van der Waals surface area contributed by atoms with Crippen molar-refractivity contribution in [2.45, 2.75) is 6.54 Å². The Balaban J connectivity index is 2.34. The Morgan fingerprint density at radius 1 is 1.14 bits per heavy atom. The van der Waals surface area contributed by atoms with Gasteiger partial charge in [-0.15, -0.1) is 11.6 Å². The summed E-state index contributed by atoms with van der Waals surface area (Å²) in [7, 11) is 0. The standard InChI is InChI=1S/C15H13ClN2O3/c16-10-15(19)17(11-12-5-2-1-3-6-12)13-7-4-8-14(9-13)18(20)21/h1-9H,10-11H2. The Kier molecular flexibility index (Phi) is 4.90. The SMILES string of the molecule is O=C(CCl)N(Cc1ccccc1)c1cccc([N+](=O)[O-])c1. The highest BCUT2D eigenvalue weighted by molar-refractivity contribution is 6.29. The van der Waals surface area contributed by atoms with Crippen LogP contribution in [0.25, 0.3) is 0 Å². The fourth-order valence-electron chi connectivity index (χ4n) is 1.94. The van der Waals surface area contributed by atoms with Crippen LogP contribution in [0.4, 0.5) is 11.4 Å². The molecular formula is C15H13ClN2O3. The number of carbonyl (C=O) groups excluding carboxylic acids is 1. The number of nitro groups is 1. The predicted molar refractivity (Wildman–Crippen MR) is 81.4 cm³/mol. The average molecular weight is 305 g/mol. The van der Waals surface area contributed by atoms with E-state index >= 15 is 0 Å². The zero-order valence-electron chi connectivity index (χ0n) is 11.1. The van der Waals surface area contributed by atoms with Gasteiger partial charge in [0.15, 0.2) is 0 Å². The second kappa shape index (κ2) is 6.85. The van der Waals surface area contributed by atoms with Crippen molar-refractivity contribution in [2.24, 2.45) is 0 Å². The van der Waals surface area contributed by atoms with Crippen LogP contribution in [0, 0.1) is 10.1 Å². The summed E-state index contributed by atoms with van der Waals surface area (Å²) in [5.74, 6) is -0.490. The number of halogens is 1. The number of anilines is 1. The van der Waals surface area contributed by atoms with Crippen LogP contribution in [-0.2, 0) is 11.3 Å². The molecule has 0 atom stereocenters. The van der Waals surface area contributed by atoms with Crippen molar-refractivity contribution in [3.8, 4) is 0 Å². The number of rotatable bonds is 5. The maximum atomic E-state index is 12.0. The summed E-state index contributed by atoms with van der Waals surface area (Å²) in [5.41, 5.74) is 1.31. The topological polar surface area (TPSA) is 63.5 Å². The fourth-order valence-corrected chi connectivity index (χ4v) is 2.08. The molecule has 6 heteroatoms. The minimum absolute atomic E-state index is 0.0621. The molecule has 0 radical (unpaired) electrons. The van der Waals surface area contributed by atoms with Gasteiger partial charge < -0.3 is 4.90 Å². The second-order valence-corrected chi connectivity index (χ2v) is 4.64. The van der Waals surface area contributed by atoms with Gasteiger partial charge in [-0.25, -0.2) is 0 Å². The van der Waals surface area contributed by atoms with Gasteiger partial charge in [0, 0.05) is 12.1 Å². The van der Waals surface area contributed by atoms with E-state index in [-0.39, 0.29) is 17.5 Å². The molecule has 0 aliphatic heterocycles. The molecule has 2 aromatic rings. The van der Waals surface area contributed by atoms with Crippen LogP contribution in [0.15, 0.2) is 54.6 Å². The molecule has 0 spiro atoms. The highest BCUT2D eigenvalue weighted by Gasteiger charge is 2.17. The van der Waals surface area contributed by atoms with Crippen molar-refractivity contribution >= 4 is 28.9 Å².